The van der Waals surface area contributed by atoms with E-state index in [2.05, 4.69) is 17.4 Å². The van der Waals surface area contributed by atoms with Crippen LogP contribution in [-0.2, 0) is 17.8 Å². The Labute approximate surface area is 208 Å². The van der Waals surface area contributed by atoms with Gasteiger partial charge in [-0.1, -0.05) is 42.5 Å². The van der Waals surface area contributed by atoms with E-state index >= 15 is 0 Å². The average molecular weight is 490 g/mol. The Morgan fingerprint density at radius 1 is 1.00 bits per heavy atom. The molecule has 2 aromatic carbocycles. The lowest BCUT2D eigenvalue weighted by Gasteiger charge is -2.44. The number of piperidine rings is 1. The van der Waals surface area contributed by atoms with Gasteiger partial charge in [0.05, 0.1) is 16.6 Å². The van der Waals surface area contributed by atoms with Crippen LogP contribution in [0.4, 0.5) is 0 Å². The number of likely N-dealkylation sites (tertiary alicyclic amines) is 1. The Bertz CT molecular complexity index is 1220. The summed E-state index contributed by atoms with van der Waals surface area (Å²) in [6.07, 6.45) is 2.01. The van der Waals surface area contributed by atoms with Crippen molar-refractivity contribution in [1.82, 2.24) is 15.1 Å². The van der Waals surface area contributed by atoms with Crippen LogP contribution in [-0.4, -0.2) is 53.2 Å². The van der Waals surface area contributed by atoms with Gasteiger partial charge in [0.2, 0.25) is 12.7 Å². The molecule has 1 unspecified atom stereocenters. The number of rotatable bonds is 5. The molecule has 2 amide bonds. The topological polar surface area (TPSA) is 71.1 Å². The number of hydrogen-bond acceptors (Lipinski definition) is 6. The minimum atomic E-state index is -0.487. The predicted molar refractivity (Wildman–Crippen MR) is 132 cm³/mol. The third-order valence-corrected chi connectivity index (χ3v) is 8.05. The maximum atomic E-state index is 13.8. The standard InChI is InChI=1S/C27H27N3O4S/c31-25-21(15-19-5-2-1-3-6-19)28-27(10-12-29(13-11-27)26(32)24-7-4-14-35-24)30(25)17-20-8-9-22-23(16-20)34-18-33-22/h1-9,14,16,21,28H,10-13,15,17-18H2. The lowest BCUT2D eigenvalue weighted by atomic mass is 9.95. The quantitative estimate of drug-likeness (QED) is 0.593. The molecule has 3 aromatic rings. The van der Waals surface area contributed by atoms with Gasteiger partial charge in [0.1, 0.15) is 0 Å². The van der Waals surface area contributed by atoms with Gasteiger partial charge in [-0.2, -0.15) is 0 Å². The predicted octanol–water partition coefficient (Wildman–Crippen LogP) is 3.65. The van der Waals surface area contributed by atoms with Crippen LogP contribution in [0.15, 0.2) is 66.0 Å². The van der Waals surface area contributed by atoms with Crippen molar-refractivity contribution in [3.05, 3.63) is 82.0 Å². The molecule has 1 N–H and O–H groups in total. The van der Waals surface area contributed by atoms with Gasteiger partial charge in [0, 0.05) is 32.5 Å². The molecule has 0 radical (unpaired) electrons. The summed E-state index contributed by atoms with van der Waals surface area (Å²) in [5.41, 5.74) is 1.64. The molecule has 1 atom stereocenters. The number of fused-ring (bicyclic) bond motifs is 1. The number of benzene rings is 2. The summed E-state index contributed by atoms with van der Waals surface area (Å²) in [7, 11) is 0. The molecule has 2 saturated heterocycles. The Balaban J connectivity index is 1.25. The summed E-state index contributed by atoms with van der Waals surface area (Å²) < 4.78 is 11.0. The van der Waals surface area contributed by atoms with Gasteiger partial charge in [-0.25, -0.2) is 0 Å². The first-order valence-corrected chi connectivity index (χ1v) is 12.8. The van der Waals surface area contributed by atoms with Crippen LogP contribution < -0.4 is 14.8 Å². The van der Waals surface area contributed by atoms with E-state index in [0.717, 1.165) is 21.8 Å². The van der Waals surface area contributed by atoms with E-state index in [4.69, 9.17) is 9.47 Å². The van der Waals surface area contributed by atoms with Gasteiger partial charge in [-0.15, -0.1) is 11.3 Å². The molecule has 3 aliphatic rings. The van der Waals surface area contributed by atoms with Crippen LogP contribution in [0, 0.1) is 0 Å². The van der Waals surface area contributed by atoms with E-state index in [0.29, 0.717) is 44.6 Å². The fourth-order valence-corrected chi connectivity index (χ4v) is 6.04. The molecular formula is C27H27N3O4S. The molecule has 0 saturated carbocycles. The second kappa shape index (κ2) is 9.02. The molecule has 3 aliphatic heterocycles. The van der Waals surface area contributed by atoms with Crippen molar-refractivity contribution in [2.45, 2.75) is 37.5 Å². The highest BCUT2D eigenvalue weighted by Gasteiger charge is 2.51. The molecule has 2 fully saturated rings. The Kier molecular flexibility index (Phi) is 5.70. The van der Waals surface area contributed by atoms with Crippen LogP contribution in [0.1, 0.15) is 33.6 Å². The highest BCUT2D eigenvalue weighted by atomic mass is 32.1. The summed E-state index contributed by atoms with van der Waals surface area (Å²) >= 11 is 1.47. The van der Waals surface area contributed by atoms with Gasteiger partial charge in [0.15, 0.2) is 11.5 Å². The normalized spacial score (nSPS) is 20.6. The van der Waals surface area contributed by atoms with Crippen molar-refractivity contribution >= 4 is 23.2 Å². The maximum Gasteiger partial charge on any atom is 0.263 e. The molecule has 35 heavy (non-hydrogen) atoms. The van der Waals surface area contributed by atoms with Crippen molar-refractivity contribution in [1.29, 1.82) is 0 Å². The molecule has 7 nitrogen and oxygen atoms in total. The van der Waals surface area contributed by atoms with E-state index in [1.165, 1.54) is 11.3 Å². The number of carbonyl (C=O) groups is 2. The van der Waals surface area contributed by atoms with Crippen LogP contribution in [0.3, 0.4) is 0 Å². The maximum absolute atomic E-state index is 13.8. The SMILES string of the molecule is O=C(c1cccs1)N1CCC2(CC1)NC(Cc1ccccc1)C(=O)N2Cc1ccc2c(c1)OCO2. The van der Waals surface area contributed by atoms with Gasteiger partial charge >= 0.3 is 0 Å². The molecule has 6 rings (SSSR count). The highest BCUT2D eigenvalue weighted by molar-refractivity contribution is 7.12. The minimum Gasteiger partial charge on any atom is -0.454 e. The summed E-state index contributed by atoms with van der Waals surface area (Å²) in [6, 6.07) is 19.5. The fraction of sp³-hybridized carbons (Fsp3) is 0.333. The molecular weight excluding hydrogens is 462 g/mol. The van der Waals surface area contributed by atoms with Crippen molar-refractivity contribution in [2.75, 3.05) is 19.9 Å². The van der Waals surface area contributed by atoms with Crippen molar-refractivity contribution in [3.63, 3.8) is 0 Å². The summed E-state index contributed by atoms with van der Waals surface area (Å²) in [5.74, 6) is 1.62. The zero-order valence-corrected chi connectivity index (χ0v) is 20.1. The summed E-state index contributed by atoms with van der Waals surface area (Å²) in [4.78, 5) is 31.3. The van der Waals surface area contributed by atoms with Crippen molar-refractivity contribution in [3.8, 4) is 11.5 Å². The Morgan fingerprint density at radius 2 is 1.80 bits per heavy atom. The molecule has 1 aromatic heterocycles. The summed E-state index contributed by atoms with van der Waals surface area (Å²) in [5, 5.41) is 5.63. The molecule has 0 aliphatic carbocycles. The number of nitrogens with one attached hydrogen (secondary N) is 1. The first-order chi connectivity index (χ1) is 17.1. The van der Waals surface area contributed by atoms with Crippen LogP contribution >= 0.6 is 11.3 Å². The van der Waals surface area contributed by atoms with Crippen molar-refractivity contribution < 1.29 is 19.1 Å². The third kappa shape index (κ3) is 4.17. The second-order valence-corrected chi connectivity index (χ2v) is 10.2. The van der Waals surface area contributed by atoms with Gasteiger partial charge in [0.25, 0.3) is 5.91 Å². The Morgan fingerprint density at radius 3 is 2.57 bits per heavy atom. The van der Waals surface area contributed by atoms with E-state index in [1.54, 1.807) is 0 Å². The third-order valence-electron chi connectivity index (χ3n) is 7.19. The van der Waals surface area contributed by atoms with Crippen LogP contribution in [0.2, 0.25) is 0 Å². The van der Waals surface area contributed by atoms with Gasteiger partial charge < -0.3 is 19.3 Å². The number of nitrogens with zero attached hydrogens (tertiary/aromatic N) is 2. The average Bonchev–Trinajstić information content (AvgIpc) is 3.63. The van der Waals surface area contributed by atoms with E-state index in [-0.39, 0.29) is 24.6 Å². The van der Waals surface area contributed by atoms with E-state index in [9.17, 15) is 9.59 Å². The Hall–Kier alpha value is -3.36. The van der Waals surface area contributed by atoms with Crippen LogP contribution in [0.25, 0.3) is 0 Å². The monoisotopic (exact) mass is 489 g/mol. The van der Waals surface area contributed by atoms with E-state index < -0.39 is 5.66 Å². The smallest absolute Gasteiger partial charge is 0.263 e. The number of ether oxygens (including phenoxy) is 2. The minimum absolute atomic E-state index is 0.0716. The zero-order chi connectivity index (χ0) is 23.8. The largest absolute Gasteiger partial charge is 0.454 e. The molecule has 180 valence electrons. The number of amides is 2. The zero-order valence-electron chi connectivity index (χ0n) is 19.3. The lowest BCUT2D eigenvalue weighted by molar-refractivity contribution is -0.134. The number of thiophene rings is 1. The van der Waals surface area contributed by atoms with E-state index in [1.807, 2.05) is 63.7 Å². The second-order valence-electron chi connectivity index (χ2n) is 9.30. The highest BCUT2D eigenvalue weighted by Crippen LogP contribution is 2.37. The van der Waals surface area contributed by atoms with Crippen molar-refractivity contribution in [2.24, 2.45) is 0 Å². The lowest BCUT2D eigenvalue weighted by Crippen LogP contribution is -2.59. The molecule has 1 spiro atoms. The van der Waals surface area contributed by atoms with Gasteiger partial charge in [-0.3, -0.25) is 14.9 Å². The number of carbonyl (C=O) groups excluding carboxylic acids is 2. The summed E-state index contributed by atoms with van der Waals surface area (Å²) in [6.45, 7) is 1.91. The van der Waals surface area contributed by atoms with Gasteiger partial charge in [-0.05, 0) is 41.1 Å². The first-order valence-electron chi connectivity index (χ1n) is 12.0. The first kappa shape index (κ1) is 22.1. The molecule has 4 heterocycles. The molecule has 8 heteroatoms. The number of hydrogen-bond donors (Lipinski definition) is 1. The molecule has 0 bridgehead atoms. The van der Waals surface area contributed by atoms with Crippen LogP contribution in [0.5, 0.6) is 11.5 Å². The fourth-order valence-electron chi connectivity index (χ4n) is 5.35.